The van der Waals surface area contributed by atoms with Crippen LogP contribution < -0.4 is 9.03 Å². The van der Waals surface area contributed by atoms with Crippen LogP contribution in [0.2, 0.25) is 0 Å². The van der Waals surface area contributed by atoms with E-state index in [9.17, 15) is 22.7 Å². The van der Waals surface area contributed by atoms with Crippen molar-refractivity contribution < 1.29 is 22.7 Å². The zero-order valence-electron chi connectivity index (χ0n) is 11.7. The van der Waals surface area contributed by atoms with E-state index in [2.05, 4.69) is 0 Å². The van der Waals surface area contributed by atoms with Gasteiger partial charge in [-0.05, 0) is 37.8 Å². The number of phenols is 1. The fourth-order valence-electron chi connectivity index (χ4n) is 2.76. The lowest BCUT2D eigenvalue weighted by molar-refractivity contribution is -0.117. The molecule has 1 aliphatic carbocycles. The van der Waals surface area contributed by atoms with E-state index in [0.717, 1.165) is 31.3 Å². The minimum Gasteiger partial charge on any atom is -0.506 e. The van der Waals surface area contributed by atoms with Crippen LogP contribution >= 0.6 is 0 Å². The number of halogens is 1. The molecule has 118 valence electrons. The second-order valence-electron chi connectivity index (χ2n) is 5.38. The molecule has 0 radical (unpaired) electrons. The number of nitrogens with one attached hydrogen (secondary N) is 1. The normalized spacial score (nSPS) is 20.3. The summed E-state index contributed by atoms with van der Waals surface area (Å²) in [4.78, 5) is 11.3. The Balaban J connectivity index is 2.08. The first kappa shape index (κ1) is 14.8. The maximum Gasteiger partial charge on any atom is 0.326 e. The summed E-state index contributed by atoms with van der Waals surface area (Å²) >= 11 is 0. The third kappa shape index (κ3) is 2.54. The number of benzene rings is 1. The van der Waals surface area contributed by atoms with Gasteiger partial charge in [0.1, 0.15) is 18.0 Å². The number of nitrogens with zero attached hydrogens (tertiary/aromatic N) is 1. The van der Waals surface area contributed by atoms with Crippen LogP contribution in [0.3, 0.4) is 0 Å². The Morgan fingerprint density at radius 3 is 2.55 bits per heavy atom. The maximum atomic E-state index is 14.7. The van der Waals surface area contributed by atoms with Crippen molar-refractivity contribution >= 4 is 27.9 Å². The summed E-state index contributed by atoms with van der Waals surface area (Å²) in [5.41, 5.74) is 0.805. The molecule has 1 aliphatic heterocycles. The van der Waals surface area contributed by atoms with E-state index in [0.29, 0.717) is 4.31 Å². The SMILES string of the molecule is O=C1CN(c2c(O)ccc(C=C3CCCC3)c2F)S(=O)(=O)N1. The lowest BCUT2D eigenvalue weighted by Gasteiger charge is -2.18. The fourth-order valence-corrected chi connectivity index (χ4v) is 3.92. The Labute approximate surface area is 127 Å². The molecule has 1 heterocycles. The second kappa shape index (κ2) is 5.28. The van der Waals surface area contributed by atoms with E-state index in [-0.39, 0.29) is 5.56 Å². The van der Waals surface area contributed by atoms with Gasteiger partial charge >= 0.3 is 10.2 Å². The standard InChI is InChI=1S/C14H15FN2O4S/c15-13-10(7-9-3-1-2-4-9)5-6-11(18)14(13)17-8-12(19)16-22(17,20)21/h5-7,18H,1-4,8H2,(H,16,19). The van der Waals surface area contributed by atoms with Gasteiger partial charge in [-0.25, -0.2) is 13.4 Å². The van der Waals surface area contributed by atoms with E-state index < -0.39 is 39.9 Å². The monoisotopic (exact) mass is 326 g/mol. The highest BCUT2D eigenvalue weighted by Crippen LogP contribution is 2.36. The van der Waals surface area contributed by atoms with E-state index >= 15 is 0 Å². The largest absolute Gasteiger partial charge is 0.506 e. The number of rotatable bonds is 2. The molecular weight excluding hydrogens is 311 g/mol. The maximum absolute atomic E-state index is 14.7. The third-order valence-electron chi connectivity index (χ3n) is 3.80. The van der Waals surface area contributed by atoms with Gasteiger partial charge in [0.05, 0.1) is 0 Å². The van der Waals surface area contributed by atoms with Crippen LogP contribution in [-0.2, 0) is 15.0 Å². The number of phenolic OH excluding ortho intramolecular Hbond substituents is 1. The summed E-state index contributed by atoms with van der Waals surface area (Å²) in [5, 5.41) is 9.85. The van der Waals surface area contributed by atoms with Crippen molar-refractivity contribution in [3.63, 3.8) is 0 Å². The van der Waals surface area contributed by atoms with Crippen molar-refractivity contribution in [2.24, 2.45) is 0 Å². The van der Waals surface area contributed by atoms with Crippen molar-refractivity contribution in [2.45, 2.75) is 25.7 Å². The lowest BCUT2D eigenvalue weighted by atomic mass is 10.1. The third-order valence-corrected chi connectivity index (χ3v) is 5.18. The van der Waals surface area contributed by atoms with Gasteiger partial charge in [0.2, 0.25) is 0 Å². The highest BCUT2D eigenvalue weighted by Gasteiger charge is 2.37. The van der Waals surface area contributed by atoms with Crippen molar-refractivity contribution in [3.8, 4) is 5.75 Å². The summed E-state index contributed by atoms with van der Waals surface area (Å²) in [6, 6.07) is 2.63. The molecule has 22 heavy (non-hydrogen) atoms. The van der Waals surface area contributed by atoms with Crippen molar-refractivity contribution in [2.75, 3.05) is 10.8 Å². The molecule has 2 fully saturated rings. The molecule has 2 N–H and O–H groups in total. The summed E-state index contributed by atoms with van der Waals surface area (Å²) in [6.45, 7) is -0.549. The van der Waals surface area contributed by atoms with E-state index in [1.54, 1.807) is 10.8 Å². The van der Waals surface area contributed by atoms with Gasteiger partial charge in [-0.2, -0.15) is 8.42 Å². The minimum atomic E-state index is -4.17. The smallest absolute Gasteiger partial charge is 0.326 e. The topological polar surface area (TPSA) is 86.7 Å². The fraction of sp³-hybridized carbons (Fsp3) is 0.357. The predicted octanol–water partition coefficient (Wildman–Crippen LogP) is 1.67. The van der Waals surface area contributed by atoms with Crippen LogP contribution in [0.15, 0.2) is 17.7 Å². The molecule has 0 spiro atoms. The summed E-state index contributed by atoms with van der Waals surface area (Å²) in [6.07, 6.45) is 5.56. The molecule has 2 aliphatic rings. The Kier molecular flexibility index (Phi) is 3.56. The van der Waals surface area contributed by atoms with Crippen molar-refractivity contribution in [3.05, 3.63) is 29.1 Å². The summed E-state index contributed by atoms with van der Waals surface area (Å²) in [5.74, 6) is -2.14. The van der Waals surface area contributed by atoms with Crippen molar-refractivity contribution in [1.29, 1.82) is 0 Å². The molecule has 0 unspecified atom stereocenters. The lowest BCUT2D eigenvalue weighted by Crippen LogP contribution is -2.30. The number of amides is 1. The van der Waals surface area contributed by atoms with Gasteiger partial charge in [0.15, 0.2) is 5.82 Å². The number of aromatic hydroxyl groups is 1. The molecule has 1 saturated heterocycles. The number of carbonyl (C=O) groups excluding carboxylic acids is 1. The summed E-state index contributed by atoms with van der Waals surface area (Å²) in [7, 11) is -4.17. The van der Waals surface area contributed by atoms with Gasteiger partial charge in [-0.1, -0.05) is 11.6 Å². The number of hydrogen-bond donors (Lipinski definition) is 2. The van der Waals surface area contributed by atoms with E-state index in [4.69, 9.17) is 0 Å². The molecule has 3 rings (SSSR count). The van der Waals surface area contributed by atoms with E-state index in [1.165, 1.54) is 12.1 Å². The Hall–Kier alpha value is -2.09. The van der Waals surface area contributed by atoms with Gasteiger partial charge in [-0.15, -0.1) is 0 Å². The quantitative estimate of drug-likeness (QED) is 0.865. The van der Waals surface area contributed by atoms with Gasteiger partial charge in [0, 0.05) is 5.56 Å². The van der Waals surface area contributed by atoms with Crippen LogP contribution in [0.25, 0.3) is 6.08 Å². The molecule has 0 atom stereocenters. The molecular formula is C14H15FN2O4S. The predicted molar refractivity (Wildman–Crippen MR) is 78.9 cm³/mol. The van der Waals surface area contributed by atoms with Crippen LogP contribution in [-0.4, -0.2) is 26.0 Å². The minimum absolute atomic E-state index is 0.208. The molecule has 1 aromatic carbocycles. The van der Waals surface area contributed by atoms with E-state index in [1.807, 2.05) is 0 Å². The molecule has 1 saturated carbocycles. The first-order valence-electron chi connectivity index (χ1n) is 6.93. The van der Waals surface area contributed by atoms with Crippen LogP contribution in [0, 0.1) is 5.82 Å². The zero-order valence-corrected chi connectivity index (χ0v) is 12.5. The van der Waals surface area contributed by atoms with Gasteiger partial charge in [0.25, 0.3) is 5.91 Å². The van der Waals surface area contributed by atoms with Gasteiger partial charge < -0.3 is 5.11 Å². The average Bonchev–Trinajstić information content (AvgIpc) is 3.01. The van der Waals surface area contributed by atoms with Crippen LogP contribution in [0.4, 0.5) is 10.1 Å². The summed E-state index contributed by atoms with van der Waals surface area (Å²) < 4.78 is 40.6. The van der Waals surface area contributed by atoms with Crippen molar-refractivity contribution in [1.82, 2.24) is 4.72 Å². The first-order valence-corrected chi connectivity index (χ1v) is 8.37. The van der Waals surface area contributed by atoms with Crippen LogP contribution in [0.5, 0.6) is 5.75 Å². The highest BCUT2D eigenvalue weighted by atomic mass is 32.2. The first-order chi connectivity index (χ1) is 10.4. The molecule has 1 amide bonds. The number of allylic oxidation sites excluding steroid dienone is 1. The number of carbonyl (C=O) groups is 1. The second-order valence-corrected chi connectivity index (χ2v) is 6.98. The Bertz CT molecular complexity index is 765. The number of hydrogen-bond acceptors (Lipinski definition) is 4. The highest BCUT2D eigenvalue weighted by molar-refractivity contribution is 7.92. The van der Waals surface area contributed by atoms with Crippen LogP contribution in [0.1, 0.15) is 31.2 Å². The molecule has 0 aromatic heterocycles. The zero-order chi connectivity index (χ0) is 15.9. The molecule has 6 nitrogen and oxygen atoms in total. The molecule has 1 aromatic rings. The Morgan fingerprint density at radius 2 is 1.95 bits per heavy atom. The molecule has 0 bridgehead atoms. The Morgan fingerprint density at radius 1 is 1.27 bits per heavy atom. The van der Waals surface area contributed by atoms with Gasteiger partial charge in [-0.3, -0.25) is 4.79 Å². The number of anilines is 1. The average molecular weight is 326 g/mol. The molecule has 8 heteroatoms.